The zero-order valence-electron chi connectivity index (χ0n) is 24.7. The highest BCUT2D eigenvalue weighted by atomic mass is 16.5. The molecule has 9 rings (SSSR count). The number of piperidine rings is 1. The minimum absolute atomic E-state index is 0.0568. The fourth-order valence-corrected chi connectivity index (χ4v) is 5.60. The topological polar surface area (TPSA) is 124 Å². The zero-order chi connectivity index (χ0) is 30.6. The molecule has 2 atom stereocenters. The number of carbonyl (C=O) groups is 3. The maximum absolute atomic E-state index is 13.6. The van der Waals surface area contributed by atoms with Crippen LogP contribution in [-0.2, 0) is 29.6 Å². The molecule has 11 heteroatoms. The summed E-state index contributed by atoms with van der Waals surface area (Å²) in [6, 6.07) is 18.0. The van der Waals surface area contributed by atoms with Gasteiger partial charge in [0.05, 0.1) is 13.2 Å². The summed E-state index contributed by atoms with van der Waals surface area (Å²) in [5.74, 6) is 0.908. The van der Waals surface area contributed by atoms with Crippen molar-refractivity contribution in [3.63, 3.8) is 0 Å². The fourth-order valence-electron chi connectivity index (χ4n) is 5.60. The van der Waals surface area contributed by atoms with E-state index in [2.05, 4.69) is 15.6 Å². The molecular formula is C33H35N5O6. The number of amides is 3. The van der Waals surface area contributed by atoms with Crippen molar-refractivity contribution in [1.29, 1.82) is 0 Å². The molecule has 7 heterocycles. The van der Waals surface area contributed by atoms with Crippen molar-refractivity contribution in [3.8, 4) is 17.2 Å². The van der Waals surface area contributed by atoms with E-state index in [0.717, 1.165) is 22.2 Å². The summed E-state index contributed by atoms with van der Waals surface area (Å²) in [7, 11) is 3.42. The SMILES string of the molecule is COc1cc2ccc1OCC(=O)N[C@@H]1CN(C(=O)c3ccc4ccn(C)c4n3)CC[C@H]1Oc1ccc(cc1)CNC(=O)CC2. The monoisotopic (exact) mass is 597 g/mol. The van der Waals surface area contributed by atoms with Gasteiger partial charge in [0.1, 0.15) is 23.2 Å². The minimum atomic E-state index is -0.503. The number of hydrogen-bond donors (Lipinski definition) is 2. The molecule has 2 aromatic carbocycles. The van der Waals surface area contributed by atoms with Crippen molar-refractivity contribution >= 4 is 28.8 Å². The molecule has 0 saturated carbocycles. The Morgan fingerprint density at radius 3 is 2.64 bits per heavy atom. The molecule has 4 bridgehead atoms. The van der Waals surface area contributed by atoms with E-state index in [9.17, 15) is 14.4 Å². The lowest BCUT2D eigenvalue weighted by Crippen LogP contribution is -2.58. The first-order chi connectivity index (χ1) is 21.4. The molecule has 0 unspecified atom stereocenters. The molecule has 228 valence electrons. The predicted octanol–water partition coefficient (Wildman–Crippen LogP) is 3.00. The van der Waals surface area contributed by atoms with E-state index >= 15 is 0 Å². The van der Waals surface area contributed by atoms with Gasteiger partial charge in [-0.3, -0.25) is 14.4 Å². The average Bonchev–Trinajstić information content (AvgIpc) is 3.42. The summed E-state index contributed by atoms with van der Waals surface area (Å²) in [4.78, 5) is 45.5. The van der Waals surface area contributed by atoms with Crippen LogP contribution < -0.4 is 24.8 Å². The fraction of sp³-hybridized carbons (Fsp3) is 0.333. The van der Waals surface area contributed by atoms with Crippen LogP contribution in [0.1, 0.15) is 34.5 Å². The third-order valence-electron chi connectivity index (χ3n) is 8.05. The second-order valence-corrected chi connectivity index (χ2v) is 11.1. The van der Waals surface area contributed by atoms with E-state index in [1.165, 1.54) is 7.11 Å². The molecule has 1 fully saturated rings. The van der Waals surface area contributed by atoms with Crippen molar-refractivity contribution in [2.75, 3.05) is 26.8 Å². The Balaban J connectivity index is 1.24. The third-order valence-corrected chi connectivity index (χ3v) is 8.05. The highest BCUT2D eigenvalue weighted by Crippen LogP contribution is 2.29. The maximum atomic E-state index is 13.6. The largest absolute Gasteiger partial charge is 0.493 e. The molecule has 0 radical (unpaired) electrons. The first-order valence-electron chi connectivity index (χ1n) is 14.7. The molecule has 1 saturated heterocycles. The van der Waals surface area contributed by atoms with Crippen LogP contribution in [0.2, 0.25) is 0 Å². The second kappa shape index (κ2) is 12.7. The van der Waals surface area contributed by atoms with Gasteiger partial charge in [0.25, 0.3) is 11.8 Å². The van der Waals surface area contributed by atoms with Gasteiger partial charge in [0, 0.05) is 51.1 Å². The molecule has 0 spiro atoms. The summed E-state index contributed by atoms with van der Waals surface area (Å²) in [6.45, 7) is 0.823. The molecule has 4 aromatic rings. The number of rotatable bonds is 2. The highest BCUT2D eigenvalue weighted by molar-refractivity contribution is 5.94. The van der Waals surface area contributed by atoms with E-state index in [4.69, 9.17) is 14.2 Å². The minimum Gasteiger partial charge on any atom is -0.493 e. The number of likely N-dealkylation sites (tertiary alicyclic amines) is 1. The molecule has 2 aromatic heterocycles. The van der Waals surface area contributed by atoms with Gasteiger partial charge >= 0.3 is 0 Å². The number of pyridine rings is 1. The Labute approximate surface area is 255 Å². The van der Waals surface area contributed by atoms with Crippen LogP contribution in [0.5, 0.6) is 17.2 Å². The predicted molar refractivity (Wildman–Crippen MR) is 163 cm³/mol. The van der Waals surface area contributed by atoms with Gasteiger partial charge in [0.2, 0.25) is 5.91 Å². The summed E-state index contributed by atoms with van der Waals surface area (Å²) >= 11 is 0. The van der Waals surface area contributed by atoms with Gasteiger partial charge in [-0.1, -0.05) is 18.2 Å². The third kappa shape index (κ3) is 6.46. The van der Waals surface area contributed by atoms with Crippen LogP contribution in [0.15, 0.2) is 66.9 Å². The van der Waals surface area contributed by atoms with E-state index in [-0.39, 0.29) is 30.9 Å². The molecule has 5 aliphatic rings. The number of nitrogens with one attached hydrogen (secondary N) is 2. The van der Waals surface area contributed by atoms with Crippen molar-refractivity contribution in [2.24, 2.45) is 7.05 Å². The van der Waals surface area contributed by atoms with Crippen LogP contribution in [-0.4, -0.2) is 71.1 Å². The number of methoxy groups -OCH3 is 1. The second-order valence-electron chi connectivity index (χ2n) is 11.1. The quantitative estimate of drug-likeness (QED) is 0.364. The number of benzene rings is 2. The van der Waals surface area contributed by atoms with E-state index in [1.54, 1.807) is 17.0 Å². The summed E-state index contributed by atoms with van der Waals surface area (Å²) in [6.07, 6.45) is 2.87. The van der Waals surface area contributed by atoms with Gasteiger partial charge < -0.3 is 34.3 Å². The Morgan fingerprint density at radius 2 is 1.82 bits per heavy atom. The standard InChI is InChI=1S/C33H35N5O6/c1-37-15-13-23-7-10-25(36-32(23)37)33(41)38-16-14-27-26(19-38)35-31(40)20-43-28-11-5-21(17-29(28)42-2)6-12-30(39)34-18-22-3-8-24(44-27)9-4-22/h3-5,7-11,13,15,17,26-27H,6,12,14,16,18-20H2,1-2H3,(H,34,39)(H,35,40)/t26-,27-/m1/s1. The molecule has 11 nitrogen and oxygen atoms in total. The maximum Gasteiger partial charge on any atom is 0.272 e. The highest BCUT2D eigenvalue weighted by Gasteiger charge is 2.35. The average molecular weight is 598 g/mol. The molecule has 2 N–H and O–H groups in total. The van der Waals surface area contributed by atoms with Gasteiger partial charge in [-0.05, 0) is 60.0 Å². The number of hydrogen-bond acceptors (Lipinski definition) is 7. The molecule has 3 amide bonds. The van der Waals surface area contributed by atoms with Crippen molar-refractivity contribution in [1.82, 2.24) is 25.1 Å². The van der Waals surface area contributed by atoms with Crippen LogP contribution in [0.3, 0.4) is 0 Å². The van der Waals surface area contributed by atoms with Crippen molar-refractivity contribution in [2.45, 2.75) is 38.0 Å². The van der Waals surface area contributed by atoms with Crippen LogP contribution in [0.4, 0.5) is 0 Å². The van der Waals surface area contributed by atoms with E-state index < -0.39 is 12.1 Å². The number of nitrogens with zero attached hydrogens (tertiary/aromatic N) is 3. The zero-order valence-corrected chi connectivity index (χ0v) is 24.7. The first-order valence-corrected chi connectivity index (χ1v) is 14.7. The summed E-state index contributed by atoms with van der Waals surface area (Å²) < 4.78 is 19.6. The summed E-state index contributed by atoms with van der Waals surface area (Å²) in [5, 5.41) is 6.96. The van der Waals surface area contributed by atoms with Crippen molar-refractivity contribution in [3.05, 3.63) is 83.7 Å². The number of aryl methyl sites for hydroxylation is 2. The number of carbonyl (C=O) groups excluding carboxylic acids is 3. The molecular weight excluding hydrogens is 562 g/mol. The molecule has 5 aliphatic heterocycles. The van der Waals surface area contributed by atoms with Crippen LogP contribution in [0.25, 0.3) is 11.0 Å². The number of aromatic nitrogens is 2. The Hall–Kier alpha value is -5.06. The van der Waals surface area contributed by atoms with E-state index in [1.807, 2.05) is 66.3 Å². The Bertz CT molecular complexity index is 1680. The lowest BCUT2D eigenvalue weighted by molar-refractivity contribution is -0.125. The Kier molecular flexibility index (Phi) is 8.36. The van der Waals surface area contributed by atoms with Crippen molar-refractivity contribution < 1.29 is 28.6 Å². The van der Waals surface area contributed by atoms with Crippen LogP contribution >= 0.6 is 0 Å². The first kappa shape index (κ1) is 29.0. The van der Waals surface area contributed by atoms with Gasteiger partial charge in [-0.25, -0.2) is 4.98 Å². The van der Waals surface area contributed by atoms with Gasteiger partial charge in [-0.15, -0.1) is 0 Å². The smallest absolute Gasteiger partial charge is 0.272 e. The molecule has 44 heavy (non-hydrogen) atoms. The lowest BCUT2D eigenvalue weighted by Gasteiger charge is -2.38. The molecule has 0 aliphatic carbocycles. The lowest BCUT2D eigenvalue weighted by atomic mass is 10.0. The van der Waals surface area contributed by atoms with E-state index in [0.29, 0.717) is 55.3 Å². The van der Waals surface area contributed by atoms with Gasteiger partial charge in [0.15, 0.2) is 18.1 Å². The Morgan fingerprint density at radius 1 is 1.00 bits per heavy atom. The summed E-state index contributed by atoms with van der Waals surface area (Å²) in [5.41, 5.74) is 2.93. The number of fused-ring (bicyclic) bond motifs is 1. The number of ether oxygens (including phenoxy) is 3. The van der Waals surface area contributed by atoms with Crippen LogP contribution in [0, 0.1) is 0 Å². The normalized spacial score (nSPS) is 19.4. The van der Waals surface area contributed by atoms with Gasteiger partial charge in [-0.2, -0.15) is 0 Å².